The molecule has 0 saturated carbocycles. The summed E-state index contributed by atoms with van der Waals surface area (Å²) in [5.41, 5.74) is 3.86. The molecule has 0 N–H and O–H groups in total. The van der Waals surface area contributed by atoms with Crippen molar-refractivity contribution in [3.05, 3.63) is 34.9 Å². The minimum Gasteiger partial charge on any atom is -0.193 e. The van der Waals surface area contributed by atoms with Gasteiger partial charge in [0.05, 0.1) is 6.07 Å². The molecule has 88 valence electrons. The molecule has 0 bridgehead atoms. The fourth-order valence-corrected chi connectivity index (χ4v) is 1.44. The van der Waals surface area contributed by atoms with Gasteiger partial charge in [-0.2, -0.15) is 5.26 Å². The standard InChI is InChI=1S/C15H23N/c1-12(2)6-8-15(9-7-13(3)4)14(5)10-11-16/h6-7,10,15H,8-9H2,1-5H3. The Balaban J connectivity index is 4.65. The molecule has 0 radical (unpaired) electrons. The third-order valence-corrected chi connectivity index (χ3v) is 2.56. The van der Waals surface area contributed by atoms with Crippen LogP contribution in [0.15, 0.2) is 34.9 Å². The Hall–Kier alpha value is -1.29. The van der Waals surface area contributed by atoms with Gasteiger partial charge >= 0.3 is 0 Å². The number of hydrogen-bond acceptors (Lipinski definition) is 1. The summed E-state index contributed by atoms with van der Waals surface area (Å²) in [6.45, 7) is 10.5. The Labute approximate surface area is 100 Å². The minimum absolute atomic E-state index is 0.462. The maximum atomic E-state index is 8.68. The molecule has 0 aliphatic rings. The predicted molar refractivity (Wildman–Crippen MR) is 71.0 cm³/mol. The van der Waals surface area contributed by atoms with Crippen molar-refractivity contribution < 1.29 is 0 Å². The van der Waals surface area contributed by atoms with E-state index in [1.165, 1.54) is 16.7 Å². The van der Waals surface area contributed by atoms with E-state index in [-0.39, 0.29) is 0 Å². The summed E-state index contributed by atoms with van der Waals surface area (Å²) >= 11 is 0. The SMILES string of the molecule is CC(C)=CCC(CC=C(C)C)C(C)=CC#N. The fourth-order valence-electron chi connectivity index (χ4n) is 1.44. The van der Waals surface area contributed by atoms with Crippen LogP contribution in [0.5, 0.6) is 0 Å². The van der Waals surface area contributed by atoms with Crippen LogP contribution >= 0.6 is 0 Å². The quantitative estimate of drug-likeness (QED) is 0.480. The topological polar surface area (TPSA) is 23.8 Å². The first-order valence-electron chi connectivity index (χ1n) is 5.80. The van der Waals surface area contributed by atoms with E-state index in [0.717, 1.165) is 12.8 Å². The normalized spacial score (nSPS) is 10.9. The first-order valence-corrected chi connectivity index (χ1v) is 5.80. The van der Waals surface area contributed by atoms with Crippen LogP contribution in [0.2, 0.25) is 0 Å². The molecule has 0 saturated heterocycles. The Morgan fingerprint density at radius 1 is 1.00 bits per heavy atom. The third kappa shape index (κ3) is 7.06. The van der Waals surface area contributed by atoms with Crippen molar-refractivity contribution in [3.8, 4) is 6.07 Å². The van der Waals surface area contributed by atoms with Gasteiger partial charge in [-0.3, -0.25) is 0 Å². The molecule has 0 unspecified atom stereocenters. The van der Waals surface area contributed by atoms with Crippen molar-refractivity contribution in [2.75, 3.05) is 0 Å². The van der Waals surface area contributed by atoms with Gasteiger partial charge in [-0.25, -0.2) is 0 Å². The predicted octanol–water partition coefficient (Wildman–Crippen LogP) is 4.79. The van der Waals surface area contributed by atoms with Gasteiger partial charge in [-0.1, -0.05) is 28.9 Å². The lowest BCUT2D eigenvalue weighted by Gasteiger charge is -2.13. The Kier molecular flexibility index (Phi) is 7.29. The highest BCUT2D eigenvalue weighted by atomic mass is 14.2. The van der Waals surface area contributed by atoms with Crippen molar-refractivity contribution in [1.82, 2.24) is 0 Å². The van der Waals surface area contributed by atoms with Crippen LogP contribution in [-0.4, -0.2) is 0 Å². The molecule has 0 atom stereocenters. The maximum Gasteiger partial charge on any atom is 0.0911 e. The highest BCUT2D eigenvalue weighted by molar-refractivity contribution is 5.17. The molecule has 0 aromatic heterocycles. The van der Waals surface area contributed by atoms with Crippen molar-refractivity contribution in [2.24, 2.45) is 5.92 Å². The van der Waals surface area contributed by atoms with E-state index in [2.05, 4.69) is 45.9 Å². The molecule has 1 heteroatoms. The van der Waals surface area contributed by atoms with Crippen LogP contribution in [0.4, 0.5) is 0 Å². The third-order valence-electron chi connectivity index (χ3n) is 2.56. The average molecular weight is 217 g/mol. The first kappa shape index (κ1) is 14.7. The van der Waals surface area contributed by atoms with E-state index < -0.39 is 0 Å². The van der Waals surface area contributed by atoms with Gasteiger partial charge in [0.2, 0.25) is 0 Å². The zero-order chi connectivity index (χ0) is 12.6. The molecular weight excluding hydrogens is 194 g/mol. The first-order chi connectivity index (χ1) is 7.47. The molecular formula is C15H23N. The van der Waals surface area contributed by atoms with E-state index in [0.29, 0.717) is 5.92 Å². The number of rotatable bonds is 5. The Morgan fingerprint density at radius 2 is 1.44 bits per heavy atom. The van der Waals surface area contributed by atoms with Gasteiger partial charge < -0.3 is 0 Å². The van der Waals surface area contributed by atoms with Gasteiger partial charge in [0.1, 0.15) is 0 Å². The van der Waals surface area contributed by atoms with E-state index in [1.54, 1.807) is 6.08 Å². The van der Waals surface area contributed by atoms with Gasteiger partial charge in [-0.15, -0.1) is 0 Å². The molecule has 0 aromatic rings. The highest BCUT2D eigenvalue weighted by Gasteiger charge is 2.07. The van der Waals surface area contributed by atoms with Gasteiger partial charge in [-0.05, 0) is 53.4 Å². The minimum atomic E-state index is 0.462. The summed E-state index contributed by atoms with van der Waals surface area (Å²) < 4.78 is 0. The van der Waals surface area contributed by atoms with E-state index in [9.17, 15) is 0 Å². The van der Waals surface area contributed by atoms with E-state index in [1.807, 2.05) is 6.92 Å². The summed E-state index contributed by atoms with van der Waals surface area (Å²) in [6, 6.07) is 2.12. The number of nitrogens with zero attached hydrogens (tertiary/aromatic N) is 1. The highest BCUT2D eigenvalue weighted by Crippen LogP contribution is 2.21. The summed E-state index contributed by atoms with van der Waals surface area (Å²) in [5.74, 6) is 0.462. The van der Waals surface area contributed by atoms with Crippen LogP contribution in [0.25, 0.3) is 0 Å². The fraction of sp³-hybridized carbons (Fsp3) is 0.533. The van der Waals surface area contributed by atoms with Crippen molar-refractivity contribution >= 4 is 0 Å². The van der Waals surface area contributed by atoms with Crippen molar-refractivity contribution in [2.45, 2.75) is 47.5 Å². The van der Waals surface area contributed by atoms with Crippen LogP contribution in [0.3, 0.4) is 0 Å². The van der Waals surface area contributed by atoms with E-state index in [4.69, 9.17) is 5.26 Å². The molecule has 0 aromatic carbocycles. The van der Waals surface area contributed by atoms with Gasteiger partial charge in [0, 0.05) is 6.08 Å². The lowest BCUT2D eigenvalue weighted by atomic mass is 9.91. The smallest absolute Gasteiger partial charge is 0.0911 e. The molecule has 0 spiro atoms. The molecule has 0 aliphatic carbocycles. The second-order valence-corrected chi connectivity index (χ2v) is 4.75. The summed E-state index contributed by atoms with van der Waals surface area (Å²) in [7, 11) is 0. The summed E-state index contributed by atoms with van der Waals surface area (Å²) in [4.78, 5) is 0. The van der Waals surface area contributed by atoms with Gasteiger partial charge in [0.15, 0.2) is 0 Å². The summed E-state index contributed by atoms with van der Waals surface area (Å²) in [6.07, 6.45) is 8.21. The van der Waals surface area contributed by atoms with Gasteiger partial charge in [0.25, 0.3) is 0 Å². The van der Waals surface area contributed by atoms with Crippen LogP contribution < -0.4 is 0 Å². The Morgan fingerprint density at radius 3 is 1.75 bits per heavy atom. The summed E-state index contributed by atoms with van der Waals surface area (Å²) in [5, 5.41) is 8.68. The Bertz CT molecular complexity index is 309. The number of nitriles is 1. The average Bonchev–Trinajstić information content (AvgIpc) is 2.17. The molecule has 0 heterocycles. The van der Waals surface area contributed by atoms with Crippen molar-refractivity contribution in [1.29, 1.82) is 5.26 Å². The van der Waals surface area contributed by atoms with Crippen LogP contribution in [-0.2, 0) is 0 Å². The van der Waals surface area contributed by atoms with Crippen LogP contribution in [0.1, 0.15) is 47.5 Å². The molecule has 0 rings (SSSR count). The largest absolute Gasteiger partial charge is 0.193 e. The molecule has 1 nitrogen and oxygen atoms in total. The maximum absolute atomic E-state index is 8.68. The lowest BCUT2D eigenvalue weighted by molar-refractivity contribution is 0.629. The monoisotopic (exact) mass is 217 g/mol. The second-order valence-electron chi connectivity index (χ2n) is 4.75. The zero-order valence-corrected chi connectivity index (χ0v) is 11.2. The molecule has 16 heavy (non-hydrogen) atoms. The van der Waals surface area contributed by atoms with Crippen LogP contribution in [0, 0.1) is 17.2 Å². The molecule has 0 amide bonds. The second kappa shape index (κ2) is 7.93. The zero-order valence-electron chi connectivity index (χ0n) is 11.2. The van der Waals surface area contributed by atoms with E-state index >= 15 is 0 Å². The van der Waals surface area contributed by atoms with Crippen molar-refractivity contribution in [3.63, 3.8) is 0 Å². The molecule has 0 aliphatic heterocycles. The lowest BCUT2D eigenvalue weighted by Crippen LogP contribution is -2.00. The number of allylic oxidation sites excluding steroid dienone is 6. The molecule has 0 fully saturated rings. The number of hydrogen-bond donors (Lipinski definition) is 0.